The van der Waals surface area contributed by atoms with Gasteiger partial charge in [-0.1, -0.05) is 29.4 Å². The molecule has 0 atom stereocenters. The number of halogens is 1. The minimum atomic E-state index is 0.839. The lowest BCUT2D eigenvalue weighted by Crippen LogP contribution is -2.18. The fourth-order valence-corrected chi connectivity index (χ4v) is 4.39. The number of benzene rings is 2. The van der Waals surface area contributed by atoms with E-state index in [1.54, 1.807) is 10.9 Å². The molecule has 6 nitrogen and oxygen atoms in total. The van der Waals surface area contributed by atoms with E-state index < -0.39 is 0 Å². The van der Waals surface area contributed by atoms with Crippen LogP contribution in [-0.2, 0) is 6.42 Å². The number of rotatable bonds is 6. The summed E-state index contributed by atoms with van der Waals surface area (Å²) in [4.78, 5) is 2.33. The van der Waals surface area contributed by atoms with Gasteiger partial charge in [-0.05, 0) is 78.5 Å². The van der Waals surface area contributed by atoms with Crippen molar-refractivity contribution in [3.63, 3.8) is 0 Å². The smallest absolute Gasteiger partial charge is 0.141 e. The topological polar surface area (TPSA) is 60.0 Å². The van der Waals surface area contributed by atoms with Crippen LogP contribution in [0.3, 0.4) is 0 Å². The van der Waals surface area contributed by atoms with Crippen LogP contribution >= 0.6 is 15.9 Å². The minimum Gasteiger partial charge on any atom is -0.361 e. The highest BCUT2D eigenvalue weighted by Crippen LogP contribution is 2.37. The maximum atomic E-state index is 5.40. The van der Waals surface area contributed by atoms with Crippen LogP contribution in [0.25, 0.3) is 16.8 Å². The molecule has 0 unspecified atom stereocenters. The summed E-state index contributed by atoms with van der Waals surface area (Å²) in [5.74, 6) is 0.839. The zero-order valence-corrected chi connectivity index (χ0v) is 19.1. The third-order valence-corrected chi connectivity index (χ3v) is 5.94. The van der Waals surface area contributed by atoms with Crippen LogP contribution in [0, 0.1) is 13.8 Å². The van der Waals surface area contributed by atoms with Crippen LogP contribution in [0.4, 0.5) is 11.4 Å². The van der Waals surface area contributed by atoms with Crippen LogP contribution in [0.5, 0.6) is 0 Å². The SMILES string of the molecule is CCc1ccc(-c2c(C)noc2C)cc1N(CC)c1ccc(-n2ccnn2)c(Br)c1. The average Bonchev–Trinajstić information content (AvgIpc) is 3.39. The number of hydrogen-bond donors (Lipinski definition) is 0. The highest BCUT2D eigenvalue weighted by Gasteiger charge is 2.17. The fraction of sp³-hybridized carbons (Fsp3) is 0.261. The van der Waals surface area contributed by atoms with Crippen LogP contribution in [-0.4, -0.2) is 26.7 Å². The van der Waals surface area contributed by atoms with Gasteiger partial charge in [0.05, 0.1) is 23.8 Å². The number of aryl methyl sites for hydroxylation is 3. The van der Waals surface area contributed by atoms with Crippen LogP contribution < -0.4 is 4.90 Å². The maximum Gasteiger partial charge on any atom is 0.141 e. The Morgan fingerprint density at radius 2 is 1.93 bits per heavy atom. The van der Waals surface area contributed by atoms with E-state index >= 15 is 0 Å². The first-order valence-electron chi connectivity index (χ1n) is 10.0. The second-order valence-corrected chi connectivity index (χ2v) is 7.98. The Hall–Kier alpha value is -2.93. The van der Waals surface area contributed by atoms with E-state index in [4.69, 9.17) is 4.52 Å². The van der Waals surface area contributed by atoms with E-state index in [2.05, 4.69) is 86.5 Å². The fourth-order valence-electron chi connectivity index (χ4n) is 3.84. The summed E-state index contributed by atoms with van der Waals surface area (Å²) >= 11 is 3.70. The van der Waals surface area contributed by atoms with Gasteiger partial charge in [0.1, 0.15) is 5.76 Å². The minimum absolute atomic E-state index is 0.839. The van der Waals surface area contributed by atoms with Gasteiger partial charge in [0.2, 0.25) is 0 Å². The predicted molar refractivity (Wildman–Crippen MR) is 123 cm³/mol. The molecule has 30 heavy (non-hydrogen) atoms. The van der Waals surface area contributed by atoms with Gasteiger partial charge in [-0.3, -0.25) is 0 Å². The number of hydrogen-bond acceptors (Lipinski definition) is 5. The van der Waals surface area contributed by atoms with Gasteiger partial charge in [-0.25, -0.2) is 4.68 Å². The maximum absolute atomic E-state index is 5.40. The average molecular weight is 466 g/mol. The molecule has 2 heterocycles. The third kappa shape index (κ3) is 3.65. The zero-order valence-electron chi connectivity index (χ0n) is 17.6. The van der Waals surface area contributed by atoms with Crippen molar-refractivity contribution in [1.29, 1.82) is 0 Å². The quantitative estimate of drug-likeness (QED) is 0.348. The Kier molecular flexibility index (Phi) is 5.72. The van der Waals surface area contributed by atoms with Crippen molar-refractivity contribution in [3.05, 3.63) is 70.3 Å². The van der Waals surface area contributed by atoms with Gasteiger partial charge in [0.15, 0.2) is 0 Å². The van der Waals surface area contributed by atoms with Gasteiger partial charge in [0.25, 0.3) is 0 Å². The van der Waals surface area contributed by atoms with E-state index in [9.17, 15) is 0 Å². The first kappa shape index (κ1) is 20.3. The molecule has 4 aromatic rings. The molecule has 0 aliphatic rings. The first-order valence-corrected chi connectivity index (χ1v) is 10.8. The van der Waals surface area contributed by atoms with Gasteiger partial charge in [-0.15, -0.1) is 5.10 Å². The van der Waals surface area contributed by atoms with E-state index in [0.717, 1.165) is 51.4 Å². The Balaban J connectivity index is 1.79. The summed E-state index contributed by atoms with van der Waals surface area (Å²) in [5, 5.41) is 12.1. The van der Waals surface area contributed by atoms with Crippen molar-refractivity contribution in [1.82, 2.24) is 20.2 Å². The Bertz CT molecular complexity index is 1150. The lowest BCUT2D eigenvalue weighted by atomic mass is 9.99. The molecule has 4 rings (SSSR count). The number of aromatic nitrogens is 4. The van der Waals surface area contributed by atoms with Gasteiger partial charge >= 0.3 is 0 Å². The third-order valence-electron chi connectivity index (χ3n) is 5.31. The standard InChI is InChI=1S/C23H24BrN5O/c1-5-17-7-8-18(23-15(3)26-30-16(23)4)13-22(17)28(6-2)19-9-10-21(20(24)14-19)29-12-11-25-27-29/h7-14H,5-6H2,1-4H3. The van der Waals surface area contributed by atoms with Gasteiger partial charge < -0.3 is 9.42 Å². The Morgan fingerprint density at radius 3 is 2.53 bits per heavy atom. The molecule has 0 saturated heterocycles. The van der Waals surface area contributed by atoms with Crippen molar-refractivity contribution >= 4 is 27.3 Å². The molecular weight excluding hydrogens is 442 g/mol. The van der Waals surface area contributed by atoms with E-state index in [1.165, 1.54) is 11.3 Å². The lowest BCUT2D eigenvalue weighted by molar-refractivity contribution is 0.393. The Labute approximate surface area is 184 Å². The molecule has 0 N–H and O–H groups in total. The monoisotopic (exact) mass is 465 g/mol. The molecule has 0 aliphatic carbocycles. The zero-order chi connectivity index (χ0) is 21.3. The summed E-state index contributed by atoms with van der Waals surface area (Å²) in [6.45, 7) is 9.14. The van der Waals surface area contributed by atoms with Crippen molar-refractivity contribution in [2.24, 2.45) is 0 Å². The van der Waals surface area contributed by atoms with Gasteiger partial charge in [0, 0.05) is 28.0 Å². The second-order valence-electron chi connectivity index (χ2n) is 7.12. The van der Waals surface area contributed by atoms with Crippen molar-refractivity contribution < 1.29 is 4.52 Å². The summed E-state index contributed by atoms with van der Waals surface area (Å²) in [6.07, 6.45) is 4.46. The highest BCUT2D eigenvalue weighted by atomic mass is 79.9. The molecule has 2 aromatic heterocycles. The molecule has 0 spiro atoms. The van der Waals surface area contributed by atoms with Crippen molar-refractivity contribution in [3.8, 4) is 16.8 Å². The molecule has 0 fully saturated rings. The van der Waals surface area contributed by atoms with E-state index in [-0.39, 0.29) is 0 Å². The molecule has 0 saturated carbocycles. The largest absolute Gasteiger partial charge is 0.361 e. The number of nitrogens with zero attached hydrogens (tertiary/aromatic N) is 5. The predicted octanol–water partition coefficient (Wildman–Crippen LogP) is 6.02. The summed E-state index contributed by atoms with van der Waals surface area (Å²) in [7, 11) is 0. The van der Waals surface area contributed by atoms with Crippen LogP contribution in [0.1, 0.15) is 30.9 Å². The molecule has 0 amide bonds. The summed E-state index contributed by atoms with van der Waals surface area (Å²) in [5.41, 5.74) is 7.65. The van der Waals surface area contributed by atoms with Gasteiger partial charge in [-0.2, -0.15) is 0 Å². The van der Waals surface area contributed by atoms with Crippen LogP contribution in [0.15, 0.2) is 57.8 Å². The van der Waals surface area contributed by atoms with E-state index in [1.807, 2.05) is 20.0 Å². The molecule has 0 aliphatic heterocycles. The second kappa shape index (κ2) is 8.44. The van der Waals surface area contributed by atoms with E-state index in [0.29, 0.717) is 0 Å². The molecule has 154 valence electrons. The normalized spacial score (nSPS) is 11.1. The molecule has 2 aromatic carbocycles. The number of anilines is 2. The molecule has 0 radical (unpaired) electrons. The summed E-state index contributed by atoms with van der Waals surface area (Å²) < 4.78 is 8.11. The highest BCUT2D eigenvalue weighted by molar-refractivity contribution is 9.10. The summed E-state index contributed by atoms with van der Waals surface area (Å²) in [6, 6.07) is 12.9. The lowest BCUT2D eigenvalue weighted by Gasteiger charge is -2.27. The van der Waals surface area contributed by atoms with Crippen molar-refractivity contribution in [2.75, 3.05) is 11.4 Å². The molecule has 7 heteroatoms. The van der Waals surface area contributed by atoms with Crippen LogP contribution in [0.2, 0.25) is 0 Å². The Morgan fingerprint density at radius 1 is 1.10 bits per heavy atom. The first-order chi connectivity index (χ1) is 14.5. The van der Waals surface area contributed by atoms with Crippen molar-refractivity contribution in [2.45, 2.75) is 34.1 Å². The molecule has 0 bridgehead atoms. The molecular formula is C23H24BrN5O.